The van der Waals surface area contributed by atoms with Crippen molar-refractivity contribution in [3.63, 3.8) is 0 Å². The number of hydrogen-bond donors (Lipinski definition) is 2. The lowest BCUT2D eigenvalue weighted by molar-refractivity contribution is 0.102. The van der Waals surface area contributed by atoms with Crippen molar-refractivity contribution < 1.29 is 13.6 Å². The summed E-state index contributed by atoms with van der Waals surface area (Å²) in [5.74, 6) is -2.47. The van der Waals surface area contributed by atoms with Crippen molar-refractivity contribution in [2.45, 2.75) is 0 Å². The molecular weight excluding hydrogens is 276 g/mol. The van der Waals surface area contributed by atoms with Gasteiger partial charge in [0.15, 0.2) is 0 Å². The second-order valence-electron chi connectivity index (χ2n) is 3.67. The zero-order chi connectivity index (χ0) is 14.0. The van der Waals surface area contributed by atoms with E-state index in [1.165, 1.54) is 18.3 Å². The highest BCUT2D eigenvalue weighted by Crippen LogP contribution is 2.18. The second kappa shape index (κ2) is 5.19. The number of pyridine rings is 1. The number of rotatable bonds is 2. The van der Waals surface area contributed by atoms with Gasteiger partial charge in [-0.25, -0.2) is 13.8 Å². The Labute approximate surface area is 112 Å². The minimum Gasteiger partial charge on any atom is -0.394 e. The number of carbonyl (C=O) groups excluding carboxylic acids is 1. The Morgan fingerprint density at radius 3 is 2.42 bits per heavy atom. The molecule has 0 aliphatic carbocycles. The molecule has 0 atom stereocenters. The van der Waals surface area contributed by atoms with Crippen LogP contribution in [0.5, 0.6) is 0 Å². The predicted octanol–water partition coefficient (Wildman–Crippen LogP) is 2.85. The Bertz CT molecular complexity index is 608. The van der Waals surface area contributed by atoms with Gasteiger partial charge in [0.2, 0.25) is 0 Å². The molecule has 1 heterocycles. The van der Waals surface area contributed by atoms with Crippen LogP contribution in [0.3, 0.4) is 0 Å². The minimum absolute atomic E-state index is 0.194. The molecular formula is C12H8ClF2N3O. The molecule has 0 aliphatic rings. The lowest BCUT2D eigenvalue weighted by atomic mass is 10.1. The number of hydrogen-bond acceptors (Lipinski definition) is 3. The maximum Gasteiger partial charge on any atom is 0.257 e. The Kier molecular flexibility index (Phi) is 3.62. The third-order valence-corrected chi connectivity index (χ3v) is 2.53. The molecule has 0 aliphatic heterocycles. The number of anilines is 2. The van der Waals surface area contributed by atoms with Crippen molar-refractivity contribution in [3.05, 3.63) is 52.7 Å². The molecule has 0 saturated heterocycles. The third-order valence-electron chi connectivity index (χ3n) is 2.31. The smallest absolute Gasteiger partial charge is 0.257 e. The van der Waals surface area contributed by atoms with E-state index in [-0.39, 0.29) is 11.4 Å². The number of nitrogens with one attached hydrogen (secondary N) is 1. The van der Waals surface area contributed by atoms with Gasteiger partial charge in [-0.15, -0.1) is 0 Å². The van der Waals surface area contributed by atoms with E-state index in [1.54, 1.807) is 0 Å². The number of halogens is 3. The highest BCUT2D eigenvalue weighted by molar-refractivity contribution is 6.30. The number of benzene rings is 1. The summed E-state index contributed by atoms with van der Waals surface area (Å²) < 4.78 is 26.4. The first-order chi connectivity index (χ1) is 8.97. The van der Waals surface area contributed by atoms with E-state index in [4.69, 9.17) is 17.3 Å². The zero-order valence-electron chi connectivity index (χ0n) is 9.45. The van der Waals surface area contributed by atoms with Crippen LogP contribution in [0.25, 0.3) is 0 Å². The normalized spacial score (nSPS) is 10.3. The fraction of sp³-hybridized carbons (Fsp3) is 0. The molecule has 2 aromatic rings. The first-order valence-corrected chi connectivity index (χ1v) is 5.52. The maximum absolute atomic E-state index is 13.2. The van der Waals surface area contributed by atoms with Gasteiger partial charge in [0.1, 0.15) is 23.1 Å². The van der Waals surface area contributed by atoms with Gasteiger partial charge in [-0.05, 0) is 24.3 Å². The van der Waals surface area contributed by atoms with Crippen LogP contribution in [0.15, 0.2) is 30.5 Å². The fourth-order valence-corrected chi connectivity index (χ4v) is 1.47. The van der Waals surface area contributed by atoms with Gasteiger partial charge in [0.05, 0.1) is 5.02 Å². The number of nitrogens with zero attached hydrogens (tertiary/aromatic N) is 1. The van der Waals surface area contributed by atoms with Crippen LogP contribution in [0, 0.1) is 11.6 Å². The van der Waals surface area contributed by atoms with Crippen LogP contribution >= 0.6 is 11.6 Å². The lowest BCUT2D eigenvalue weighted by Gasteiger charge is -2.06. The molecule has 0 saturated carbocycles. The summed E-state index contributed by atoms with van der Waals surface area (Å²) in [5, 5.41) is 2.78. The van der Waals surface area contributed by atoms with Crippen LogP contribution in [-0.4, -0.2) is 10.9 Å². The van der Waals surface area contributed by atoms with E-state index in [1.807, 2.05) is 0 Å². The largest absolute Gasteiger partial charge is 0.394 e. The summed E-state index contributed by atoms with van der Waals surface area (Å²) >= 11 is 5.64. The summed E-state index contributed by atoms with van der Waals surface area (Å²) in [5.41, 5.74) is 4.29. The van der Waals surface area contributed by atoms with E-state index < -0.39 is 23.2 Å². The SMILES string of the molecule is Nc1c(F)cc(C(=O)Nc2ccc(Cl)cn2)cc1F. The highest BCUT2D eigenvalue weighted by Gasteiger charge is 2.13. The fourth-order valence-electron chi connectivity index (χ4n) is 1.35. The van der Waals surface area contributed by atoms with Crippen LogP contribution in [0.2, 0.25) is 5.02 Å². The van der Waals surface area contributed by atoms with Gasteiger partial charge in [-0.1, -0.05) is 11.6 Å². The summed E-state index contributed by atoms with van der Waals surface area (Å²) in [4.78, 5) is 15.6. The molecule has 0 radical (unpaired) electrons. The molecule has 19 heavy (non-hydrogen) atoms. The Balaban J connectivity index is 2.23. The van der Waals surface area contributed by atoms with Crippen molar-refractivity contribution in [2.75, 3.05) is 11.1 Å². The summed E-state index contributed by atoms with van der Waals surface area (Å²) in [6, 6.07) is 4.69. The number of carbonyl (C=O) groups is 1. The lowest BCUT2D eigenvalue weighted by Crippen LogP contribution is -2.14. The number of amides is 1. The van der Waals surface area contributed by atoms with Crippen molar-refractivity contribution in [1.29, 1.82) is 0 Å². The molecule has 1 aromatic heterocycles. The first kappa shape index (κ1) is 13.2. The van der Waals surface area contributed by atoms with E-state index >= 15 is 0 Å². The van der Waals surface area contributed by atoms with Gasteiger partial charge in [-0.2, -0.15) is 0 Å². The number of nitrogens with two attached hydrogens (primary N) is 1. The molecule has 0 unspecified atom stereocenters. The van der Waals surface area contributed by atoms with Gasteiger partial charge in [0, 0.05) is 11.8 Å². The summed E-state index contributed by atoms with van der Waals surface area (Å²) in [6.07, 6.45) is 1.33. The maximum atomic E-state index is 13.2. The summed E-state index contributed by atoms with van der Waals surface area (Å²) in [6.45, 7) is 0. The molecule has 4 nitrogen and oxygen atoms in total. The van der Waals surface area contributed by atoms with Gasteiger partial charge in [-0.3, -0.25) is 4.79 Å². The van der Waals surface area contributed by atoms with Crippen molar-refractivity contribution >= 4 is 29.0 Å². The summed E-state index contributed by atoms with van der Waals surface area (Å²) in [7, 11) is 0. The predicted molar refractivity (Wildman–Crippen MR) is 68.0 cm³/mol. The first-order valence-electron chi connectivity index (χ1n) is 5.15. The van der Waals surface area contributed by atoms with Crippen molar-refractivity contribution in [3.8, 4) is 0 Å². The van der Waals surface area contributed by atoms with Gasteiger partial charge >= 0.3 is 0 Å². The second-order valence-corrected chi connectivity index (χ2v) is 4.11. The minimum atomic E-state index is -0.991. The van der Waals surface area contributed by atoms with Crippen LogP contribution in [-0.2, 0) is 0 Å². The monoisotopic (exact) mass is 283 g/mol. The molecule has 0 spiro atoms. The topological polar surface area (TPSA) is 68.0 Å². The van der Waals surface area contributed by atoms with Crippen LogP contribution in [0.4, 0.5) is 20.3 Å². The van der Waals surface area contributed by atoms with Gasteiger partial charge < -0.3 is 11.1 Å². The van der Waals surface area contributed by atoms with Crippen LogP contribution < -0.4 is 11.1 Å². The average molecular weight is 284 g/mol. The molecule has 7 heteroatoms. The molecule has 1 aromatic carbocycles. The molecule has 2 rings (SSSR count). The third kappa shape index (κ3) is 2.97. The van der Waals surface area contributed by atoms with Crippen LogP contribution in [0.1, 0.15) is 10.4 Å². The average Bonchev–Trinajstić information content (AvgIpc) is 2.38. The quantitative estimate of drug-likeness (QED) is 0.833. The van der Waals surface area contributed by atoms with E-state index in [2.05, 4.69) is 10.3 Å². The number of nitrogen functional groups attached to an aromatic ring is 1. The van der Waals surface area contributed by atoms with Crippen molar-refractivity contribution in [1.82, 2.24) is 4.98 Å². The number of aromatic nitrogens is 1. The van der Waals surface area contributed by atoms with E-state index in [0.717, 1.165) is 12.1 Å². The van der Waals surface area contributed by atoms with E-state index in [0.29, 0.717) is 5.02 Å². The standard InChI is InChI=1S/C12H8ClF2N3O/c13-7-1-2-10(17-5-7)18-12(19)6-3-8(14)11(16)9(15)4-6/h1-5H,16H2,(H,17,18,19). The van der Waals surface area contributed by atoms with E-state index in [9.17, 15) is 13.6 Å². The zero-order valence-corrected chi connectivity index (χ0v) is 10.2. The molecule has 3 N–H and O–H groups in total. The molecule has 0 bridgehead atoms. The molecule has 98 valence electrons. The Morgan fingerprint density at radius 1 is 1.26 bits per heavy atom. The highest BCUT2D eigenvalue weighted by atomic mass is 35.5. The Hall–Kier alpha value is -2.21. The Morgan fingerprint density at radius 2 is 1.89 bits per heavy atom. The molecule has 0 fully saturated rings. The van der Waals surface area contributed by atoms with Crippen molar-refractivity contribution in [2.24, 2.45) is 0 Å². The molecule has 1 amide bonds. The van der Waals surface area contributed by atoms with Gasteiger partial charge in [0.25, 0.3) is 5.91 Å².